The Kier molecular flexibility index (Phi) is 1.95. The second-order valence-electron chi connectivity index (χ2n) is 5.03. The quantitative estimate of drug-likeness (QED) is 0.666. The molecule has 1 heterocycles. The highest BCUT2D eigenvalue weighted by molar-refractivity contribution is 5.09. The molecule has 0 radical (unpaired) electrons. The molecule has 0 amide bonds. The minimum Gasteiger partial charge on any atom is -0.313 e. The molecule has 1 aliphatic heterocycles. The van der Waals surface area contributed by atoms with Crippen molar-refractivity contribution in [2.45, 2.75) is 46.1 Å². The van der Waals surface area contributed by atoms with Crippen LogP contribution >= 0.6 is 0 Å². The molecule has 1 spiro atoms. The zero-order valence-electron chi connectivity index (χ0n) is 8.56. The van der Waals surface area contributed by atoms with Crippen LogP contribution in [-0.4, -0.2) is 12.6 Å². The molecule has 2 rings (SSSR count). The van der Waals surface area contributed by atoms with Crippen molar-refractivity contribution in [1.29, 1.82) is 0 Å². The molecule has 0 aromatic heterocycles. The van der Waals surface area contributed by atoms with Gasteiger partial charge in [0.2, 0.25) is 0 Å². The Morgan fingerprint density at radius 2 is 2.08 bits per heavy atom. The molecule has 2 fully saturated rings. The monoisotopic (exact) mass is 167 g/mol. The van der Waals surface area contributed by atoms with Crippen LogP contribution in [0.2, 0.25) is 0 Å². The molecule has 1 aliphatic carbocycles. The van der Waals surface area contributed by atoms with Crippen LogP contribution in [0.25, 0.3) is 0 Å². The molecule has 0 bridgehead atoms. The first-order valence-electron chi connectivity index (χ1n) is 5.43. The topological polar surface area (TPSA) is 12.0 Å². The molecule has 2 aliphatic rings. The Hall–Kier alpha value is -0.0400. The summed E-state index contributed by atoms with van der Waals surface area (Å²) in [5, 5.41) is 3.69. The highest BCUT2D eigenvalue weighted by Crippen LogP contribution is 2.58. The van der Waals surface area contributed by atoms with E-state index in [2.05, 4.69) is 26.1 Å². The van der Waals surface area contributed by atoms with E-state index in [0.717, 1.165) is 23.3 Å². The van der Waals surface area contributed by atoms with Crippen LogP contribution in [0.5, 0.6) is 0 Å². The Bertz CT molecular complexity index is 170. The van der Waals surface area contributed by atoms with Crippen molar-refractivity contribution in [2.75, 3.05) is 6.54 Å². The van der Waals surface area contributed by atoms with Gasteiger partial charge in [-0.1, -0.05) is 20.8 Å². The van der Waals surface area contributed by atoms with Gasteiger partial charge < -0.3 is 5.32 Å². The molecule has 1 saturated carbocycles. The lowest BCUT2D eigenvalue weighted by atomic mass is 9.78. The summed E-state index contributed by atoms with van der Waals surface area (Å²) >= 11 is 0. The van der Waals surface area contributed by atoms with Gasteiger partial charge in [0.1, 0.15) is 0 Å². The fourth-order valence-electron chi connectivity index (χ4n) is 3.25. The largest absolute Gasteiger partial charge is 0.313 e. The number of hydrogen-bond donors (Lipinski definition) is 1. The molecular weight excluding hydrogens is 146 g/mol. The summed E-state index contributed by atoms with van der Waals surface area (Å²) in [5.74, 6) is 1.83. The number of nitrogens with one attached hydrogen (secondary N) is 1. The van der Waals surface area contributed by atoms with Gasteiger partial charge in [0.15, 0.2) is 0 Å². The van der Waals surface area contributed by atoms with Gasteiger partial charge in [0.05, 0.1) is 0 Å². The molecule has 70 valence electrons. The van der Waals surface area contributed by atoms with Crippen LogP contribution in [0, 0.1) is 17.3 Å². The maximum absolute atomic E-state index is 3.69. The zero-order chi connectivity index (χ0) is 8.77. The van der Waals surface area contributed by atoms with E-state index >= 15 is 0 Å². The summed E-state index contributed by atoms with van der Waals surface area (Å²) in [6, 6.07) is 0.812. The summed E-state index contributed by atoms with van der Waals surface area (Å²) in [6.45, 7) is 8.39. The SMILES string of the molecule is CCC1NCC2(CC2)C1C(C)C. The predicted octanol–water partition coefficient (Wildman–Crippen LogP) is 2.42. The Labute approximate surface area is 75.9 Å². The zero-order valence-corrected chi connectivity index (χ0v) is 8.56. The van der Waals surface area contributed by atoms with E-state index in [-0.39, 0.29) is 0 Å². The van der Waals surface area contributed by atoms with Gasteiger partial charge in [-0.25, -0.2) is 0 Å². The van der Waals surface area contributed by atoms with Crippen molar-refractivity contribution in [3.05, 3.63) is 0 Å². The molecule has 1 N–H and O–H groups in total. The molecule has 0 aromatic carbocycles. The predicted molar refractivity (Wildman–Crippen MR) is 52.1 cm³/mol. The minimum atomic E-state index is 0.745. The Balaban J connectivity index is 2.11. The molecule has 2 unspecified atom stereocenters. The van der Waals surface area contributed by atoms with Crippen molar-refractivity contribution in [3.63, 3.8) is 0 Å². The summed E-state index contributed by atoms with van der Waals surface area (Å²) in [7, 11) is 0. The number of rotatable bonds is 2. The summed E-state index contributed by atoms with van der Waals surface area (Å²) in [6.07, 6.45) is 4.28. The third kappa shape index (κ3) is 1.10. The average molecular weight is 167 g/mol. The minimum absolute atomic E-state index is 0.745. The van der Waals surface area contributed by atoms with Crippen LogP contribution in [0.4, 0.5) is 0 Å². The van der Waals surface area contributed by atoms with E-state index in [1.165, 1.54) is 25.8 Å². The van der Waals surface area contributed by atoms with E-state index in [1.54, 1.807) is 0 Å². The van der Waals surface area contributed by atoms with Gasteiger partial charge in [0, 0.05) is 12.6 Å². The van der Waals surface area contributed by atoms with Gasteiger partial charge in [0.25, 0.3) is 0 Å². The van der Waals surface area contributed by atoms with Crippen molar-refractivity contribution < 1.29 is 0 Å². The van der Waals surface area contributed by atoms with Crippen LogP contribution in [-0.2, 0) is 0 Å². The van der Waals surface area contributed by atoms with Crippen molar-refractivity contribution in [2.24, 2.45) is 17.3 Å². The fraction of sp³-hybridized carbons (Fsp3) is 1.00. The normalized spacial score (nSPS) is 38.0. The maximum atomic E-state index is 3.69. The van der Waals surface area contributed by atoms with Crippen molar-refractivity contribution in [3.8, 4) is 0 Å². The van der Waals surface area contributed by atoms with E-state index in [9.17, 15) is 0 Å². The first-order valence-corrected chi connectivity index (χ1v) is 5.43. The van der Waals surface area contributed by atoms with E-state index in [4.69, 9.17) is 0 Å². The lowest BCUT2D eigenvalue weighted by Gasteiger charge is -2.26. The molecule has 1 nitrogen and oxygen atoms in total. The molecule has 0 aromatic rings. The van der Waals surface area contributed by atoms with E-state index < -0.39 is 0 Å². The Morgan fingerprint density at radius 3 is 2.50 bits per heavy atom. The molecule has 2 atom stereocenters. The van der Waals surface area contributed by atoms with Crippen LogP contribution in [0.1, 0.15) is 40.0 Å². The highest BCUT2D eigenvalue weighted by Gasteiger charge is 2.56. The lowest BCUT2D eigenvalue weighted by molar-refractivity contribution is 0.252. The van der Waals surface area contributed by atoms with Gasteiger partial charge in [-0.15, -0.1) is 0 Å². The van der Waals surface area contributed by atoms with Crippen LogP contribution < -0.4 is 5.32 Å². The second kappa shape index (κ2) is 2.73. The third-order valence-electron chi connectivity index (χ3n) is 3.91. The van der Waals surface area contributed by atoms with E-state index in [1.807, 2.05) is 0 Å². The molecule has 1 saturated heterocycles. The van der Waals surface area contributed by atoms with Gasteiger partial charge in [-0.05, 0) is 36.5 Å². The fourth-order valence-corrected chi connectivity index (χ4v) is 3.25. The van der Waals surface area contributed by atoms with Crippen molar-refractivity contribution in [1.82, 2.24) is 5.32 Å². The Morgan fingerprint density at radius 1 is 1.42 bits per heavy atom. The summed E-state index contributed by atoms with van der Waals surface area (Å²) in [5.41, 5.74) is 0.745. The second-order valence-corrected chi connectivity index (χ2v) is 5.03. The summed E-state index contributed by atoms with van der Waals surface area (Å²) in [4.78, 5) is 0. The maximum Gasteiger partial charge on any atom is 0.0101 e. The molecule has 12 heavy (non-hydrogen) atoms. The average Bonchev–Trinajstić information content (AvgIpc) is 2.64. The smallest absolute Gasteiger partial charge is 0.0101 e. The molecule has 1 heteroatoms. The van der Waals surface area contributed by atoms with E-state index in [0.29, 0.717) is 0 Å². The van der Waals surface area contributed by atoms with Crippen LogP contribution in [0.15, 0.2) is 0 Å². The van der Waals surface area contributed by atoms with Gasteiger partial charge in [-0.3, -0.25) is 0 Å². The standard InChI is InChI=1S/C11H21N/c1-4-9-10(8(2)3)11(5-6-11)7-12-9/h8-10,12H,4-7H2,1-3H3. The van der Waals surface area contributed by atoms with Gasteiger partial charge >= 0.3 is 0 Å². The summed E-state index contributed by atoms with van der Waals surface area (Å²) < 4.78 is 0. The first-order chi connectivity index (χ1) is 5.69. The number of hydrogen-bond acceptors (Lipinski definition) is 1. The first kappa shape index (κ1) is 8.55. The lowest BCUT2D eigenvalue weighted by Crippen LogP contribution is -2.30. The molecular formula is C11H21N. The van der Waals surface area contributed by atoms with Crippen LogP contribution in [0.3, 0.4) is 0 Å². The van der Waals surface area contributed by atoms with Gasteiger partial charge in [-0.2, -0.15) is 0 Å². The van der Waals surface area contributed by atoms with Crippen molar-refractivity contribution >= 4 is 0 Å². The highest BCUT2D eigenvalue weighted by atomic mass is 15.0. The third-order valence-corrected chi connectivity index (χ3v) is 3.91.